The third kappa shape index (κ3) is 3.45. The number of carbonyl (C=O) groups excluding carboxylic acids is 1. The second-order valence-corrected chi connectivity index (χ2v) is 6.10. The average Bonchev–Trinajstić information content (AvgIpc) is 3.14. The van der Waals surface area contributed by atoms with Gasteiger partial charge in [0.2, 0.25) is 0 Å². The lowest BCUT2D eigenvalue weighted by atomic mass is 10.1. The smallest absolute Gasteiger partial charge is 0.251 e. The average molecular weight is 285 g/mol. The van der Waals surface area contributed by atoms with Gasteiger partial charge >= 0.3 is 0 Å². The molecule has 2 N–H and O–H groups in total. The first-order valence-electron chi connectivity index (χ1n) is 7.80. The molecule has 0 saturated carbocycles. The number of H-pyrrole nitrogens is 1. The summed E-state index contributed by atoms with van der Waals surface area (Å²) in [5.74, 6) is 0.501. The van der Waals surface area contributed by atoms with E-state index in [1.807, 2.05) is 30.5 Å². The van der Waals surface area contributed by atoms with E-state index in [0.717, 1.165) is 29.6 Å². The van der Waals surface area contributed by atoms with Crippen LogP contribution in [0.4, 0.5) is 0 Å². The minimum absolute atomic E-state index is 0.0137. The van der Waals surface area contributed by atoms with Gasteiger partial charge in [0, 0.05) is 30.4 Å². The Labute approximate surface area is 125 Å². The van der Waals surface area contributed by atoms with Crippen molar-refractivity contribution < 1.29 is 4.79 Å². The Kier molecular flexibility index (Phi) is 4.25. The molecule has 2 heterocycles. The molecule has 3 rings (SSSR count). The van der Waals surface area contributed by atoms with E-state index in [-0.39, 0.29) is 5.91 Å². The van der Waals surface area contributed by atoms with Crippen LogP contribution in [0.3, 0.4) is 0 Å². The topological polar surface area (TPSA) is 48.1 Å². The molecule has 0 radical (unpaired) electrons. The Hall–Kier alpha value is -1.81. The van der Waals surface area contributed by atoms with Crippen molar-refractivity contribution in [2.45, 2.75) is 19.8 Å². The minimum atomic E-state index is 0.0137. The van der Waals surface area contributed by atoms with Crippen molar-refractivity contribution in [1.29, 1.82) is 0 Å². The zero-order valence-corrected chi connectivity index (χ0v) is 12.6. The molecule has 0 aliphatic carbocycles. The van der Waals surface area contributed by atoms with Crippen molar-refractivity contribution in [1.82, 2.24) is 15.2 Å². The molecule has 1 amide bonds. The molecule has 21 heavy (non-hydrogen) atoms. The molecular weight excluding hydrogens is 262 g/mol. The van der Waals surface area contributed by atoms with Gasteiger partial charge in [-0.3, -0.25) is 4.79 Å². The lowest BCUT2D eigenvalue weighted by Gasteiger charge is -2.20. The van der Waals surface area contributed by atoms with Crippen molar-refractivity contribution in [2.24, 2.45) is 5.92 Å². The summed E-state index contributed by atoms with van der Waals surface area (Å²) in [6.07, 6.45) is 4.52. The minimum Gasteiger partial charge on any atom is -0.361 e. The van der Waals surface area contributed by atoms with E-state index in [1.165, 1.54) is 25.9 Å². The molecule has 1 aliphatic rings. The lowest BCUT2D eigenvalue weighted by Crippen LogP contribution is -2.34. The van der Waals surface area contributed by atoms with Crippen LogP contribution in [0.1, 0.15) is 30.1 Å². The number of nitrogens with one attached hydrogen (secondary N) is 2. The van der Waals surface area contributed by atoms with E-state index in [0.29, 0.717) is 5.92 Å². The molecule has 1 aromatic heterocycles. The Morgan fingerprint density at radius 1 is 1.33 bits per heavy atom. The molecule has 2 aromatic rings. The first-order chi connectivity index (χ1) is 10.2. The number of likely N-dealkylation sites (tertiary alicyclic amines) is 1. The van der Waals surface area contributed by atoms with Crippen LogP contribution in [0.15, 0.2) is 30.5 Å². The summed E-state index contributed by atoms with van der Waals surface area (Å²) in [6, 6.07) is 7.79. The van der Waals surface area contributed by atoms with Crippen LogP contribution >= 0.6 is 0 Å². The molecule has 0 unspecified atom stereocenters. The normalized spacial score (nSPS) is 17.2. The number of amides is 1. The van der Waals surface area contributed by atoms with E-state index in [4.69, 9.17) is 0 Å². The van der Waals surface area contributed by atoms with Gasteiger partial charge in [-0.25, -0.2) is 0 Å². The molecule has 0 spiro atoms. The highest BCUT2D eigenvalue weighted by atomic mass is 16.1. The van der Waals surface area contributed by atoms with Crippen LogP contribution in [0.5, 0.6) is 0 Å². The predicted octanol–water partition coefficient (Wildman–Crippen LogP) is 2.63. The monoisotopic (exact) mass is 285 g/mol. The summed E-state index contributed by atoms with van der Waals surface area (Å²) in [7, 11) is 0. The summed E-state index contributed by atoms with van der Waals surface area (Å²) in [6.45, 7) is 6.43. The number of rotatable bonds is 5. The summed E-state index contributed by atoms with van der Waals surface area (Å²) < 4.78 is 0. The lowest BCUT2D eigenvalue weighted by molar-refractivity contribution is 0.0945. The Morgan fingerprint density at radius 2 is 2.14 bits per heavy atom. The van der Waals surface area contributed by atoms with Crippen LogP contribution in [-0.2, 0) is 0 Å². The van der Waals surface area contributed by atoms with E-state index in [1.54, 1.807) is 0 Å². The van der Waals surface area contributed by atoms with Crippen molar-refractivity contribution in [3.8, 4) is 0 Å². The standard InChI is InChI=1S/C17H23N3O/c1-13(12-20-8-2-3-9-20)11-19-17(21)15-5-4-14-6-7-18-16(14)10-15/h4-7,10,13,18H,2-3,8-9,11-12H2,1H3,(H,19,21)/t13-/m1/s1. The maximum atomic E-state index is 12.2. The van der Waals surface area contributed by atoms with E-state index >= 15 is 0 Å². The molecule has 4 heteroatoms. The molecule has 1 fully saturated rings. The van der Waals surface area contributed by atoms with Crippen LogP contribution in [0.25, 0.3) is 10.9 Å². The SMILES string of the molecule is C[C@H](CNC(=O)c1ccc2cc[nH]c2c1)CN1CCCC1. The summed E-state index contributed by atoms with van der Waals surface area (Å²) >= 11 is 0. The molecule has 0 bridgehead atoms. The highest BCUT2D eigenvalue weighted by Gasteiger charge is 2.15. The Bertz CT molecular complexity index is 613. The zero-order valence-electron chi connectivity index (χ0n) is 12.6. The Morgan fingerprint density at radius 3 is 2.95 bits per heavy atom. The number of fused-ring (bicyclic) bond motifs is 1. The second-order valence-electron chi connectivity index (χ2n) is 6.10. The van der Waals surface area contributed by atoms with Gasteiger partial charge in [0.05, 0.1) is 0 Å². The van der Waals surface area contributed by atoms with E-state index in [9.17, 15) is 4.79 Å². The number of benzene rings is 1. The molecule has 1 atom stereocenters. The quantitative estimate of drug-likeness (QED) is 0.887. The maximum Gasteiger partial charge on any atom is 0.251 e. The van der Waals surface area contributed by atoms with Crippen LogP contribution in [0, 0.1) is 5.92 Å². The number of aromatic nitrogens is 1. The first kappa shape index (κ1) is 14.1. The zero-order chi connectivity index (χ0) is 14.7. The van der Waals surface area contributed by atoms with Crippen molar-refractivity contribution in [3.63, 3.8) is 0 Å². The van der Waals surface area contributed by atoms with Crippen LogP contribution in [0.2, 0.25) is 0 Å². The van der Waals surface area contributed by atoms with Gasteiger partial charge in [0.1, 0.15) is 0 Å². The van der Waals surface area contributed by atoms with Crippen LogP contribution in [-0.4, -0.2) is 42.0 Å². The van der Waals surface area contributed by atoms with Gasteiger partial charge in [0.25, 0.3) is 5.91 Å². The highest BCUT2D eigenvalue weighted by Crippen LogP contribution is 2.14. The van der Waals surface area contributed by atoms with Gasteiger partial charge < -0.3 is 15.2 Å². The summed E-state index contributed by atoms with van der Waals surface area (Å²) in [5, 5.41) is 4.18. The third-order valence-corrected chi connectivity index (χ3v) is 4.20. The molecule has 4 nitrogen and oxygen atoms in total. The number of aromatic amines is 1. The van der Waals surface area contributed by atoms with E-state index < -0.39 is 0 Å². The van der Waals surface area contributed by atoms with Gasteiger partial charge in [-0.1, -0.05) is 13.0 Å². The maximum absolute atomic E-state index is 12.2. The number of hydrogen-bond donors (Lipinski definition) is 2. The summed E-state index contributed by atoms with van der Waals surface area (Å²) in [5.41, 5.74) is 1.73. The largest absolute Gasteiger partial charge is 0.361 e. The highest BCUT2D eigenvalue weighted by molar-refractivity contribution is 5.97. The fraction of sp³-hybridized carbons (Fsp3) is 0.471. The predicted molar refractivity (Wildman–Crippen MR) is 85.5 cm³/mol. The number of carbonyl (C=O) groups is 1. The molecular formula is C17H23N3O. The van der Waals surface area contributed by atoms with Gasteiger partial charge in [-0.15, -0.1) is 0 Å². The molecule has 1 aromatic carbocycles. The summed E-state index contributed by atoms with van der Waals surface area (Å²) in [4.78, 5) is 17.8. The first-order valence-corrected chi connectivity index (χ1v) is 7.80. The molecule has 112 valence electrons. The molecule has 1 aliphatic heterocycles. The van der Waals surface area contributed by atoms with Gasteiger partial charge in [-0.2, -0.15) is 0 Å². The van der Waals surface area contributed by atoms with Crippen molar-refractivity contribution >= 4 is 16.8 Å². The van der Waals surface area contributed by atoms with E-state index in [2.05, 4.69) is 22.1 Å². The van der Waals surface area contributed by atoms with Crippen molar-refractivity contribution in [2.75, 3.05) is 26.2 Å². The fourth-order valence-electron chi connectivity index (χ4n) is 3.03. The second kappa shape index (κ2) is 6.31. The fourth-order valence-corrected chi connectivity index (χ4v) is 3.03. The van der Waals surface area contributed by atoms with Gasteiger partial charge in [-0.05, 0) is 55.4 Å². The molecule has 1 saturated heterocycles. The van der Waals surface area contributed by atoms with Crippen LogP contribution < -0.4 is 5.32 Å². The van der Waals surface area contributed by atoms with Crippen molar-refractivity contribution in [3.05, 3.63) is 36.0 Å². The number of nitrogens with zero attached hydrogens (tertiary/aromatic N) is 1. The third-order valence-electron chi connectivity index (χ3n) is 4.20. The number of hydrogen-bond acceptors (Lipinski definition) is 2. The Balaban J connectivity index is 1.53. The van der Waals surface area contributed by atoms with Gasteiger partial charge in [0.15, 0.2) is 0 Å².